The maximum atomic E-state index is 13.2. The van der Waals surface area contributed by atoms with Gasteiger partial charge in [-0.05, 0) is 60.7 Å². The highest BCUT2D eigenvalue weighted by Crippen LogP contribution is 2.22. The van der Waals surface area contributed by atoms with Crippen LogP contribution in [0, 0.1) is 12.8 Å². The monoisotopic (exact) mass is 504 g/mol. The number of nitrogens with one attached hydrogen (secondary N) is 1. The molecule has 2 aromatic carbocycles. The Morgan fingerprint density at radius 3 is 2.31 bits per heavy atom. The molecule has 0 saturated carbocycles. The molecular formula is C25H33BrN2O4. The second kappa shape index (κ2) is 12.5. The Balaban J connectivity index is 2.20. The minimum atomic E-state index is -0.585. The van der Waals surface area contributed by atoms with Crippen molar-refractivity contribution in [1.29, 1.82) is 0 Å². The number of hydrogen-bond acceptors (Lipinski definition) is 4. The topological polar surface area (TPSA) is 67.9 Å². The van der Waals surface area contributed by atoms with Crippen molar-refractivity contribution in [3.63, 3.8) is 0 Å². The van der Waals surface area contributed by atoms with Crippen LogP contribution in [0.25, 0.3) is 0 Å². The largest absolute Gasteiger partial charge is 0.497 e. The average Bonchev–Trinajstić information content (AvgIpc) is 2.78. The van der Waals surface area contributed by atoms with Gasteiger partial charge in [0.15, 0.2) is 6.61 Å². The van der Waals surface area contributed by atoms with Crippen LogP contribution in [0.3, 0.4) is 0 Å². The zero-order chi connectivity index (χ0) is 23.7. The minimum Gasteiger partial charge on any atom is -0.497 e. The summed E-state index contributed by atoms with van der Waals surface area (Å²) in [6, 6.07) is 12.5. The molecule has 0 saturated heterocycles. The van der Waals surface area contributed by atoms with Crippen molar-refractivity contribution < 1.29 is 19.1 Å². The normalized spacial score (nSPS) is 11.7. The summed E-state index contributed by atoms with van der Waals surface area (Å²) in [4.78, 5) is 27.7. The smallest absolute Gasteiger partial charge is 0.261 e. The maximum absolute atomic E-state index is 13.2. The molecule has 2 rings (SSSR count). The summed E-state index contributed by atoms with van der Waals surface area (Å²) in [7, 11) is 1.61. The number of ether oxygens (including phenoxy) is 2. The van der Waals surface area contributed by atoms with E-state index in [1.54, 1.807) is 12.0 Å². The second-order valence-corrected chi connectivity index (χ2v) is 8.99. The van der Waals surface area contributed by atoms with Gasteiger partial charge in [0.1, 0.15) is 17.5 Å². The number of halogens is 1. The number of rotatable bonds is 11. The number of carbonyl (C=O) groups excluding carboxylic acids is 2. The first-order chi connectivity index (χ1) is 15.2. The molecule has 0 fully saturated rings. The first-order valence-corrected chi connectivity index (χ1v) is 11.6. The fourth-order valence-corrected chi connectivity index (χ4v) is 3.45. The van der Waals surface area contributed by atoms with E-state index in [4.69, 9.17) is 9.47 Å². The van der Waals surface area contributed by atoms with Crippen molar-refractivity contribution in [2.24, 2.45) is 5.92 Å². The van der Waals surface area contributed by atoms with Crippen molar-refractivity contribution in [2.45, 2.75) is 46.7 Å². The lowest BCUT2D eigenvalue weighted by atomic mass is 10.1. The molecule has 7 heteroatoms. The van der Waals surface area contributed by atoms with Crippen LogP contribution in [-0.4, -0.2) is 43.0 Å². The van der Waals surface area contributed by atoms with Crippen LogP contribution in [0.15, 0.2) is 46.9 Å². The van der Waals surface area contributed by atoms with Crippen molar-refractivity contribution in [2.75, 3.05) is 20.3 Å². The third-order valence-electron chi connectivity index (χ3n) is 5.07. The Labute approximate surface area is 199 Å². The van der Waals surface area contributed by atoms with Crippen molar-refractivity contribution in [3.8, 4) is 11.5 Å². The maximum Gasteiger partial charge on any atom is 0.261 e. The van der Waals surface area contributed by atoms with Gasteiger partial charge in [-0.25, -0.2) is 0 Å². The molecule has 6 nitrogen and oxygen atoms in total. The van der Waals surface area contributed by atoms with Gasteiger partial charge in [-0.3, -0.25) is 9.59 Å². The first-order valence-electron chi connectivity index (χ1n) is 10.8. The summed E-state index contributed by atoms with van der Waals surface area (Å²) in [5.41, 5.74) is 1.93. The zero-order valence-electron chi connectivity index (χ0n) is 19.5. The van der Waals surface area contributed by atoms with E-state index in [0.717, 1.165) is 21.3 Å². The molecule has 0 radical (unpaired) electrons. The van der Waals surface area contributed by atoms with Gasteiger partial charge in [0.05, 0.1) is 7.11 Å². The first kappa shape index (κ1) is 25.7. The molecule has 0 aliphatic carbocycles. The molecule has 174 valence electrons. The van der Waals surface area contributed by atoms with Gasteiger partial charge in [-0.1, -0.05) is 48.8 Å². The van der Waals surface area contributed by atoms with E-state index < -0.39 is 6.04 Å². The number of methoxy groups -OCH3 is 1. The van der Waals surface area contributed by atoms with Crippen molar-refractivity contribution >= 4 is 27.7 Å². The number of benzene rings is 2. The standard InChI is InChI=1S/C25H33BrN2O4/c1-6-23(25(30)27-14-17(2)3)28(15-19-7-9-20(31-5)10-8-19)24(29)16-32-21-11-12-22(26)18(4)13-21/h7-13,17,23H,6,14-16H2,1-5H3,(H,27,30). The molecule has 32 heavy (non-hydrogen) atoms. The van der Waals surface area contributed by atoms with Crippen LogP contribution in [0.4, 0.5) is 0 Å². The number of carbonyl (C=O) groups is 2. The van der Waals surface area contributed by atoms with Crippen molar-refractivity contribution in [1.82, 2.24) is 10.2 Å². The summed E-state index contributed by atoms with van der Waals surface area (Å²) in [5, 5.41) is 2.96. The van der Waals surface area contributed by atoms with E-state index in [1.807, 2.05) is 70.2 Å². The van der Waals surface area contributed by atoms with E-state index in [9.17, 15) is 9.59 Å². The fraction of sp³-hybridized carbons (Fsp3) is 0.440. The van der Waals surface area contributed by atoms with E-state index in [2.05, 4.69) is 21.2 Å². The van der Waals surface area contributed by atoms with Crippen molar-refractivity contribution in [3.05, 3.63) is 58.1 Å². The van der Waals surface area contributed by atoms with Crippen LogP contribution in [-0.2, 0) is 16.1 Å². The fourth-order valence-electron chi connectivity index (χ4n) is 3.20. The lowest BCUT2D eigenvalue weighted by molar-refractivity contribution is -0.143. The van der Waals surface area contributed by atoms with E-state index in [-0.39, 0.29) is 18.4 Å². The molecule has 0 aromatic heterocycles. The molecule has 2 amide bonds. The molecule has 0 aliphatic heterocycles. The Morgan fingerprint density at radius 1 is 1.09 bits per heavy atom. The highest BCUT2D eigenvalue weighted by atomic mass is 79.9. The number of amides is 2. The van der Waals surface area contributed by atoms with Crippen LogP contribution in [0.1, 0.15) is 38.3 Å². The quantitative estimate of drug-likeness (QED) is 0.480. The molecule has 1 N–H and O–H groups in total. The van der Waals surface area contributed by atoms with E-state index >= 15 is 0 Å². The summed E-state index contributed by atoms with van der Waals surface area (Å²) in [5.74, 6) is 1.28. The Kier molecular flexibility index (Phi) is 10.0. The van der Waals surface area contributed by atoms with Gasteiger partial charge in [0.25, 0.3) is 5.91 Å². The summed E-state index contributed by atoms with van der Waals surface area (Å²) >= 11 is 3.46. The molecule has 0 bridgehead atoms. The molecule has 0 spiro atoms. The van der Waals surface area contributed by atoms with Gasteiger partial charge in [-0.15, -0.1) is 0 Å². The molecule has 2 aromatic rings. The van der Waals surface area contributed by atoms with Crippen LogP contribution in [0.2, 0.25) is 0 Å². The predicted molar refractivity (Wildman–Crippen MR) is 130 cm³/mol. The SMILES string of the molecule is CCC(C(=O)NCC(C)C)N(Cc1ccc(OC)cc1)C(=O)COc1ccc(Br)c(C)c1. The highest BCUT2D eigenvalue weighted by molar-refractivity contribution is 9.10. The van der Waals surface area contributed by atoms with Gasteiger partial charge in [0.2, 0.25) is 5.91 Å². The Morgan fingerprint density at radius 2 is 1.75 bits per heavy atom. The summed E-state index contributed by atoms with van der Waals surface area (Å²) in [6.07, 6.45) is 0.503. The molecule has 1 unspecified atom stereocenters. The van der Waals surface area contributed by atoms with Gasteiger partial charge in [0, 0.05) is 17.6 Å². The van der Waals surface area contributed by atoms with Crippen LogP contribution in [0.5, 0.6) is 11.5 Å². The predicted octanol–water partition coefficient (Wildman–Crippen LogP) is 4.72. The van der Waals surface area contributed by atoms with Crippen LogP contribution < -0.4 is 14.8 Å². The Bertz CT molecular complexity index is 899. The molecule has 1 atom stereocenters. The molecular weight excluding hydrogens is 472 g/mol. The number of hydrogen-bond donors (Lipinski definition) is 1. The highest BCUT2D eigenvalue weighted by Gasteiger charge is 2.29. The number of nitrogens with zero attached hydrogens (tertiary/aromatic N) is 1. The van der Waals surface area contributed by atoms with Gasteiger partial charge >= 0.3 is 0 Å². The molecule has 0 heterocycles. The minimum absolute atomic E-state index is 0.148. The van der Waals surface area contributed by atoms with E-state index in [0.29, 0.717) is 31.2 Å². The zero-order valence-corrected chi connectivity index (χ0v) is 21.1. The van der Waals surface area contributed by atoms with E-state index in [1.165, 1.54) is 0 Å². The van der Waals surface area contributed by atoms with Gasteiger partial charge in [-0.2, -0.15) is 0 Å². The average molecular weight is 505 g/mol. The molecule has 0 aliphatic rings. The van der Waals surface area contributed by atoms with Gasteiger partial charge < -0.3 is 19.7 Å². The summed E-state index contributed by atoms with van der Waals surface area (Å²) < 4.78 is 12.0. The van der Waals surface area contributed by atoms with Crippen LogP contribution >= 0.6 is 15.9 Å². The number of aryl methyl sites for hydroxylation is 1. The third kappa shape index (κ3) is 7.55. The second-order valence-electron chi connectivity index (χ2n) is 8.13. The summed E-state index contributed by atoms with van der Waals surface area (Å²) in [6.45, 7) is 8.66. The Hall–Kier alpha value is -2.54. The lowest BCUT2D eigenvalue weighted by Gasteiger charge is -2.31. The lowest BCUT2D eigenvalue weighted by Crippen LogP contribution is -2.50. The third-order valence-corrected chi connectivity index (χ3v) is 5.96.